The molecule has 134 valence electrons. The quantitative estimate of drug-likeness (QED) is 0.873. The maximum atomic E-state index is 14.6. The summed E-state index contributed by atoms with van der Waals surface area (Å²) in [6, 6.07) is 9.27. The van der Waals surface area contributed by atoms with E-state index in [1.807, 2.05) is 30.3 Å². The largest absolute Gasteiger partial charge is 0.445 e. The van der Waals surface area contributed by atoms with Crippen molar-refractivity contribution in [2.45, 2.75) is 25.6 Å². The Bertz CT molecular complexity index is 664. The van der Waals surface area contributed by atoms with Crippen LogP contribution in [0.2, 0.25) is 0 Å². The first-order valence-corrected chi connectivity index (χ1v) is 9.66. The van der Waals surface area contributed by atoms with Gasteiger partial charge in [0.05, 0.1) is 6.26 Å². The number of hydrogen-bond acceptors (Lipinski definition) is 4. The summed E-state index contributed by atoms with van der Waals surface area (Å²) in [6.07, 6.45) is 0.652. The van der Waals surface area contributed by atoms with E-state index in [1.54, 1.807) is 0 Å². The van der Waals surface area contributed by atoms with Gasteiger partial charge < -0.3 is 9.64 Å². The number of nitrogens with one attached hydrogen (secondary N) is 1. The molecule has 0 bridgehead atoms. The number of rotatable bonds is 5. The lowest BCUT2D eigenvalue weighted by atomic mass is 9.84. The van der Waals surface area contributed by atoms with Crippen molar-refractivity contribution in [1.82, 2.24) is 9.62 Å². The molecule has 1 N–H and O–H groups in total. The van der Waals surface area contributed by atoms with E-state index < -0.39 is 27.7 Å². The molecule has 1 aromatic carbocycles. The van der Waals surface area contributed by atoms with Crippen LogP contribution in [0.3, 0.4) is 0 Å². The molecule has 1 heterocycles. The van der Waals surface area contributed by atoms with Crippen LogP contribution < -0.4 is 4.72 Å². The number of piperidine rings is 1. The third-order valence-electron chi connectivity index (χ3n) is 4.22. The SMILES string of the molecule is CC1(F)CCN(C(=O)OCc2ccccc2)CC1CNS(C)(=O)=O. The van der Waals surface area contributed by atoms with Gasteiger partial charge in [-0.3, -0.25) is 0 Å². The fourth-order valence-corrected chi connectivity index (χ4v) is 3.12. The molecule has 8 heteroatoms. The number of carbonyl (C=O) groups is 1. The average Bonchev–Trinajstić information content (AvgIpc) is 2.51. The van der Waals surface area contributed by atoms with Gasteiger partial charge in [-0.25, -0.2) is 22.3 Å². The molecule has 2 atom stereocenters. The summed E-state index contributed by atoms with van der Waals surface area (Å²) in [5.41, 5.74) is -0.665. The lowest BCUT2D eigenvalue weighted by Crippen LogP contribution is -2.53. The molecule has 0 saturated carbocycles. The molecule has 1 aliphatic rings. The monoisotopic (exact) mass is 358 g/mol. The van der Waals surface area contributed by atoms with Crippen molar-refractivity contribution in [3.05, 3.63) is 35.9 Å². The molecule has 2 unspecified atom stereocenters. The highest BCUT2D eigenvalue weighted by molar-refractivity contribution is 7.88. The highest BCUT2D eigenvalue weighted by Gasteiger charge is 2.41. The van der Waals surface area contributed by atoms with E-state index in [4.69, 9.17) is 4.74 Å². The Hall–Kier alpha value is -1.67. The Labute approximate surface area is 142 Å². The van der Waals surface area contributed by atoms with E-state index in [0.717, 1.165) is 11.8 Å². The molecule has 0 radical (unpaired) electrons. The third kappa shape index (κ3) is 5.45. The van der Waals surface area contributed by atoms with Crippen LogP contribution in [0, 0.1) is 5.92 Å². The number of hydrogen-bond donors (Lipinski definition) is 1. The first kappa shape index (κ1) is 18.7. The van der Waals surface area contributed by atoms with Gasteiger partial charge in [-0.1, -0.05) is 30.3 Å². The van der Waals surface area contributed by atoms with E-state index in [0.29, 0.717) is 0 Å². The third-order valence-corrected chi connectivity index (χ3v) is 4.91. The van der Waals surface area contributed by atoms with Crippen LogP contribution in [0.1, 0.15) is 18.9 Å². The fourth-order valence-electron chi connectivity index (χ4n) is 2.61. The number of sulfonamides is 1. The van der Waals surface area contributed by atoms with Crippen LogP contribution in [0.25, 0.3) is 0 Å². The maximum absolute atomic E-state index is 14.6. The molecule has 1 aromatic rings. The van der Waals surface area contributed by atoms with Crippen molar-refractivity contribution in [3.8, 4) is 0 Å². The molecule has 0 spiro atoms. The second kappa shape index (κ2) is 7.48. The minimum absolute atomic E-state index is 0.0473. The smallest absolute Gasteiger partial charge is 0.410 e. The Balaban J connectivity index is 1.92. The Morgan fingerprint density at radius 3 is 2.71 bits per heavy atom. The van der Waals surface area contributed by atoms with E-state index in [9.17, 15) is 17.6 Å². The van der Waals surface area contributed by atoms with Gasteiger partial charge >= 0.3 is 6.09 Å². The molecule has 0 aromatic heterocycles. The molecular formula is C16H23FN2O4S. The van der Waals surface area contributed by atoms with Crippen molar-refractivity contribution in [1.29, 1.82) is 0 Å². The molecule has 1 aliphatic heterocycles. The summed E-state index contributed by atoms with van der Waals surface area (Å²) in [4.78, 5) is 13.6. The zero-order chi connectivity index (χ0) is 17.8. The van der Waals surface area contributed by atoms with Crippen molar-refractivity contribution in [2.24, 2.45) is 5.92 Å². The summed E-state index contributed by atoms with van der Waals surface area (Å²) in [7, 11) is -3.41. The standard InChI is InChI=1S/C16H23FN2O4S/c1-16(17)8-9-19(11-14(16)10-18-24(2,21)22)15(20)23-12-13-6-4-3-5-7-13/h3-7,14,18H,8-12H2,1-2H3. The summed E-state index contributed by atoms with van der Waals surface area (Å²) in [6.45, 7) is 1.90. The van der Waals surface area contributed by atoms with Crippen LogP contribution in [0.4, 0.5) is 9.18 Å². The molecule has 1 amide bonds. The van der Waals surface area contributed by atoms with E-state index in [1.165, 1.54) is 11.8 Å². The molecule has 1 saturated heterocycles. The van der Waals surface area contributed by atoms with Crippen molar-refractivity contribution in [3.63, 3.8) is 0 Å². The minimum atomic E-state index is -3.41. The summed E-state index contributed by atoms with van der Waals surface area (Å²) < 4.78 is 44.6. The lowest BCUT2D eigenvalue weighted by Gasteiger charge is -2.40. The predicted octanol–water partition coefficient (Wildman–Crippen LogP) is 1.92. The normalized spacial score (nSPS) is 24.6. The summed E-state index contributed by atoms with van der Waals surface area (Å²) in [5, 5.41) is 0. The zero-order valence-corrected chi connectivity index (χ0v) is 14.7. The van der Waals surface area contributed by atoms with Crippen molar-refractivity contribution in [2.75, 3.05) is 25.9 Å². The number of carbonyl (C=O) groups excluding carboxylic acids is 1. The second-order valence-corrected chi connectivity index (χ2v) is 8.16. The van der Waals surface area contributed by atoms with Crippen LogP contribution in [-0.2, 0) is 21.4 Å². The Kier molecular flexibility index (Phi) is 5.82. The molecule has 1 fully saturated rings. The number of nitrogens with zero attached hydrogens (tertiary/aromatic N) is 1. The van der Waals surface area contributed by atoms with Gasteiger partial charge in [-0.2, -0.15) is 0 Å². The predicted molar refractivity (Wildman–Crippen MR) is 88.7 cm³/mol. The molecule has 6 nitrogen and oxygen atoms in total. The van der Waals surface area contributed by atoms with Crippen molar-refractivity contribution >= 4 is 16.1 Å². The topological polar surface area (TPSA) is 75.7 Å². The van der Waals surface area contributed by atoms with E-state index in [-0.39, 0.29) is 32.7 Å². The number of alkyl halides is 1. The Morgan fingerprint density at radius 2 is 2.08 bits per heavy atom. The van der Waals surface area contributed by atoms with Crippen LogP contribution in [0.5, 0.6) is 0 Å². The van der Waals surface area contributed by atoms with Gasteiger partial charge in [0.25, 0.3) is 0 Å². The van der Waals surface area contributed by atoms with Gasteiger partial charge in [-0.05, 0) is 18.9 Å². The second-order valence-electron chi connectivity index (χ2n) is 6.33. The van der Waals surface area contributed by atoms with Crippen molar-refractivity contribution < 1.29 is 22.3 Å². The first-order valence-electron chi connectivity index (χ1n) is 7.76. The first-order chi connectivity index (χ1) is 11.2. The highest BCUT2D eigenvalue weighted by atomic mass is 32.2. The van der Waals surface area contributed by atoms with Gasteiger partial charge in [0.2, 0.25) is 10.0 Å². The molecule has 2 rings (SSSR count). The molecule has 0 aliphatic carbocycles. The van der Waals surface area contributed by atoms with Crippen LogP contribution in [-0.4, -0.2) is 51.0 Å². The zero-order valence-electron chi connectivity index (χ0n) is 13.9. The van der Waals surface area contributed by atoms with Gasteiger partial charge in [-0.15, -0.1) is 0 Å². The average molecular weight is 358 g/mol. The van der Waals surface area contributed by atoms with Gasteiger partial charge in [0.1, 0.15) is 12.3 Å². The number of halogens is 1. The number of ether oxygens (including phenoxy) is 1. The maximum Gasteiger partial charge on any atom is 0.410 e. The van der Waals surface area contributed by atoms with E-state index in [2.05, 4.69) is 4.72 Å². The molecular weight excluding hydrogens is 335 g/mol. The lowest BCUT2D eigenvalue weighted by molar-refractivity contribution is 0.00820. The van der Waals surface area contributed by atoms with E-state index >= 15 is 0 Å². The van der Waals surface area contributed by atoms with Gasteiger partial charge in [0.15, 0.2) is 0 Å². The highest BCUT2D eigenvalue weighted by Crippen LogP contribution is 2.31. The fraction of sp³-hybridized carbons (Fsp3) is 0.562. The van der Waals surface area contributed by atoms with Gasteiger partial charge in [0, 0.05) is 25.6 Å². The number of likely N-dealkylation sites (tertiary alicyclic amines) is 1. The minimum Gasteiger partial charge on any atom is -0.445 e. The summed E-state index contributed by atoms with van der Waals surface area (Å²) >= 11 is 0. The Morgan fingerprint density at radius 1 is 1.42 bits per heavy atom. The number of benzene rings is 1. The summed E-state index contributed by atoms with van der Waals surface area (Å²) in [5.74, 6) is -0.620. The van der Waals surface area contributed by atoms with Crippen LogP contribution in [0.15, 0.2) is 30.3 Å². The molecule has 24 heavy (non-hydrogen) atoms. The van der Waals surface area contributed by atoms with Crippen LogP contribution >= 0.6 is 0 Å². The number of amides is 1.